The fourth-order valence-electron chi connectivity index (χ4n) is 1.25. The average molecular weight is 262 g/mol. The van der Waals surface area contributed by atoms with E-state index in [4.69, 9.17) is 5.73 Å². The van der Waals surface area contributed by atoms with E-state index in [1.54, 1.807) is 12.1 Å². The minimum atomic E-state index is -0.502. The van der Waals surface area contributed by atoms with Gasteiger partial charge in [0, 0.05) is 0 Å². The topological polar surface area (TPSA) is 46.2 Å². The Morgan fingerprint density at radius 1 is 1.50 bits per heavy atom. The minimum absolute atomic E-state index is 0.303. The van der Waals surface area contributed by atoms with Crippen molar-refractivity contribution in [3.05, 3.63) is 34.1 Å². The molecule has 2 nitrogen and oxygen atoms in total. The molecular weight excluding hydrogens is 249 g/mol. The van der Waals surface area contributed by atoms with Crippen molar-refractivity contribution < 1.29 is 9.50 Å². The van der Waals surface area contributed by atoms with Gasteiger partial charge in [0.15, 0.2) is 0 Å². The Morgan fingerprint density at radius 2 is 2.21 bits per heavy atom. The molecule has 78 valence electrons. The molecule has 0 bridgehead atoms. The minimum Gasteiger partial charge on any atom is -0.393 e. The van der Waals surface area contributed by atoms with Gasteiger partial charge in [0.25, 0.3) is 0 Å². The summed E-state index contributed by atoms with van der Waals surface area (Å²) in [6.45, 7) is 0.439. The third kappa shape index (κ3) is 3.04. The summed E-state index contributed by atoms with van der Waals surface area (Å²) in [5.74, 6) is -0.303. The second-order valence-corrected chi connectivity index (χ2v) is 3.94. The number of hydrogen-bond acceptors (Lipinski definition) is 2. The molecule has 1 aromatic carbocycles. The predicted molar refractivity (Wildman–Crippen MR) is 57.5 cm³/mol. The second-order valence-electron chi connectivity index (χ2n) is 3.15. The van der Waals surface area contributed by atoms with Crippen LogP contribution in [0.15, 0.2) is 22.7 Å². The van der Waals surface area contributed by atoms with Crippen molar-refractivity contribution in [2.75, 3.05) is 6.54 Å². The van der Waals surface area contributed by atoms with E-state index in [1.165, 1.54) is 6.07 Å². The summed E-state index contributed by atoms with van der Waals surface area (Å²) >= 11 is 3.14. The lowest BCUT2D eigenvalue weighted by Crippen LogP contribution is -2.16. The number of aliphatic hydroxyl groups is 1. The van der Waals surface area contributed by atoms with Crippen LogP contribution in [0.3, 0.4) is 0 Å². The first-order valence-corrected chi connectivity index (χ1v) is 5.25. The Kier molecular flexibility index (Phi) is 4.51. The van der Waals surface area contributed by atoms with Gasteiger partial charge in [-0.2, -0.15) is 0 Å². The van der Waals surface area contributed by atoms with Crippen molar-refractivity contribution in [3.63, 3.8) is 0 Å². The van der Waals surface area contributed by atoms with Gasteiger partial charge in [-0.15, -0.1) is 0 Å². The van der Waals surface area contributed by atoms with E-state index >= 15 is 0 Å². The zero-order chi connectivity index (χ0) is 10.6. The van der Waals surface area contributed by atoms with Crippen LogP contribution >= 0.6 is 15.9 Å². The summed E-state index contributed by atoms with van der Waals surface area (Å²) in [4.78, 5) is 0. The number of aliphatic hydroxyl groups excluding tert-OH is 1. The maximum Gasteiger partial charge on any atom is 0.137 e. The monoisotopic (exact) mass is 261 g/mol. The lowest BCUT2D eigenvalue weighted by Gasteiger charge is -2.10. The van der Waals surface area contributed by atoms with Crippen molar-refractivity contribution in [2.24, 2.45) is 5.73 Å². The van der Waals surface area contributed by atoms with Crippen LogP contribution in [-0.4, -0.2) is 17.8 Å². The fraction of sp³-hybridized carbons (Fsp3) is 0.400. The zero-order valence-corrected chi connectivity index (χ0v) is 9.30. The van der Waals surface area contributed by atoms with Crippen molar-refractivity contribution in [1.82, 2.24) is 0 Å². The molecule has 1 aromatic rings. The van der Waals surface area contributed by atoms with Gasteiger partial charge < -0.3 is 10.8 Å². The van der Waals surface area contributed by atoms with E-state index in [0.717, 1.165) is 5.56 Å². The van der Waals surface area contributed by atoms with E-state index in [-0.39, 0.29) is 5.82 Å². The molecule has 0 aromatic heterocycles. The molecule has 0 spiro atoms. The van der Waals surface area contributed by atoms with Crippen LogP contribution in [0, 0.1) is 5.82 Å². The Balaban J connectivity index is 2.71. The third-order valence-corrected chi connectivity index (χ3v) is 2.88. The number of benzene rings is 1. The lowest BCUT2D eigenvalue weighted by atomic mass is 10.1. The van der Waals surface area contributed by atoms with Gasteiger partial charge in [0.2, 0.25) is 0 Å². The summed E-state index contributed by atoms with van der Waals surface area (Å²) in [6, 6.07) is 4.79. The molecule has 14 heavy (non-hydrogen) atoms. The number of nitrogens with two attached hydrogens (primary N) is 1. The first-order chi connectivity index (χ1) is 6.65. The molecule has 1 unspecified atom stereocenters. The van der Waals surface area contributed by atoms with Gasteiger partial charge >= 0.3 is 0 Å². The van der Waals surface area contributed by atoms with Crippen LogP contribution in [-0.2, 0) is 6.42 Å². The molecule has 1 atom stereocenters. The summed E-state index contributed by atoms with van der Waals surface area (Å²) in [6.07, 6.45) is 0.455. The molecule has 0 radical (unpaired) electrons. The molecule has 4 heteroatoms. The summed E-state index contributed by atoms with van der Waals surface area (Å²) in [5, 5.41) is 9.49. The van der Waals surface area contributed by atoms with E-state index in [0.29, 0.717) is 23.9 Å². The Bertz CT molecular complexity index is 306. The molecule has 0 aliphatic carbocycles. The lowest BCUT2D eigenvalue weighted by molar-refractivity contribution is 0.167. The fourth-order valence-corrected chi connectivity index (χ4v) is 1.68. The van der Waals surface area contributed by atoms with Crippen LogP contribution in [0.2, 0.25) is 0 Å². The molecular formula is C10H13BrFNO. The highest BCUT2D eigenvalue weighted by molar-refractivity contribution is 9.10. The van der Waals surface area contributed by atoms with Crippen molar-refractivity contribution in [2.45, 2.75) is 18.9 Å². The summed E-state index contributed by atoms with van der Waals surface area (Å²) in [5.41, 5.74) is 6.07. The van der Waals surface area contributed by atoms with Gasteiger partial charge in [0.1, 0.15) is 5.82 Å². The van der Waals surface area contributed by atoms with Crippen molar-refractivity contribution >= 4 is 15.9 Å². The second kappa shape index (κ2) is 5.44. The first-order valence-electron chi connectivity index (χ1n) is 4.46. The van der Waals surface area contributed by atoms with E-state index in [2.05, 4.69) is 15.9 Å². The van der Waals surface area contributed by atoms with E-state index in [9.17, 15) is 9.50 Å². The van der Waals surface area contributed by atoms with Gasteiger partial charge in [-0.3, -0.25) is 0 Å². The molecule has 0 fully saturated rings. The van der Waals surface area contributed by atoms with Crippen molar-refractivity contribution in [1.29, 1.82) is 0 Å². The molecule has 0 aliphatic heterocycles. The number of halogens is 2. The maximum absolute atomic E-state index is 13.1. The quantitative estimate of drug-likeness (QED) is 0.869. The maximum atomic E-state index is 13.1. The Labute approximate surface area is 91.1 Å². The van der Waals surface area contributed by atoms with Crippen LogP contribution < -0.4 is 5.73 Å². The first kappa shape index (κ1) is 11.6. The van der Waals surface area contributed by atoms with E-state index in [1.807, 2.05) is 0 Å². The molecule has 0 saturated carbocycles. The summed E-state index contributed by atoms with van der Waals surface area (Å²) in [7, 11) is 0. The van der Waals surface area contributed by atoms with Gasteiger partial charge in [-0.05, 0) is 46.9 Å². The van der Waals surface area contributed by atoms with Crippen LogP contribution in [0.25, 0.3) is 0 Å². The predicted octanol–water partition coefficient (Wildman–Crippen LogP) is 1.84. The standard InChI is InChI=1S/C10H13BrFNO/c11-10-7(2-1-3-9(10)12)6-8(14)4-5-13/h1-3,8,14H,4-6,13H2. The largest absolute Gasteiger partial charge is 0.393 e. The average Bonchev–Trinajstić information content (AvgIpc) is 2.13. The number of hydrogen-bond donors (Lipinski definition) is 2. The highest BCUT2D eigenvalue weighted by Crippen LogP contribution is 2.21. The Hall–Kier alpha value is -0.450. The third-order valence-electron chi connectivity index (χ3n) is 1.99. The smallest absolute Gasteiger partial charge is 0.137 e. The van der Waals surface area contributed by atoms with Crippen LogP contribution in [0.5, 0.6) is 0 Å². The van der Waals surface area contributed by atoms with Crippen LogP contribution in [0.1, 0.15) is 12.0 Å². The zero-order valence-electron chi connectivity index (χ0n) is 7.71. The normalized spacial score (nSPS) is 12.9. The van der Waals surface area contributed by atoms with E-state index < -0.39 is 6.10 Å². The highest BCUT2D eigenvalue weighted by Gasteiger charge is 2.09. The van der Waals surface area contributed by atoms with Gasteiger partial charge in [0.05, 0.1) is 10.6 Å². The molecule has 0 amide bonds. The SMILES string of the molecule is NCCC(O)Cc1cccc(F)c1Br. The van der Waals surface area contributed by atoms with Crippen LogP contribution in [0.4, 0.5) is 4.39 Å². The summed E-state index contributed by atoms with van der Waals surface area (Å²) < 4.78 is 13.5. The van der Waals surface area contributed by atoms with Gasteiger partial charge in [-0.25, -0.2) is 4.39 Å². The molecule has 3 N–H and O–H groups in total. The highest BCUT2D eigenvalue weighted by atomic mass is 79.9. The molecule has 0 aliphatic rings. The van der Waals surface area contributed by atoms with Crippen molar-refractivity contribution in [3.8, 4) is 0 Å². The Morgan fingerprint density at radius 3 is 2.86 bits per heavy atom. The van der Waals surface area contributed by atoms with Gasteiger partial charge in [-0.1, -0.05) is 12.1 Å². The number of rotatable bonds is 4. The molecule has 0 heterocycles. The molecule has 0 saturated heterocycles. The molecule has 1 rings (SSSR count).